The van der Waals surface area contributed by atoms with Crippen molar-refractivity contribution in [3.63, 3.8) is 0 Å². The van der Waals surface area contributed by atoms with E-state index in [0.717, 1.165) is 62.5 Å². The van der Waals surface area contributed by atoms with Crippen LogP contribution in [0.3, 0.4) is 0 Å². The highest BCUT2D eigenvalue weighted by atomic mass is 16.5. The average Bonchev–Trinajstić information content (AvgIpc) is 2.59. The van der Waals surface area contributed by atoms with Gasteiger partial charge >= 0.3 is 0 Å². The van der Waals surface area contributed by atoms with Crippen molar-refractivity contribution in [3.05, 3.63) is 34.7 Å². The SMILES string of the molecule is CCn1c(=O)ccc2cnc(NCCCN3CCOCC3)cc21. The van der Waals surface area contributed by atoms with Crippen molar-refractivity contribution in [3.8, 4) is 0 Å². The van der Waals surface area contributed by atoms with Gasteiger partial charge in [-0.05, 0) is 26.0 Å². The molecule has 0 aliphatic carbocycles. The van der Waals surface area contributed by atoms with Crippen LogP contribution in [0.5, 0.6) is 0 Å². The molecular weight excluding hydrogens is 292 g/mol. The number of hydrogen-bond donors (Lipinski definition) is 1. The molecule has 124 valence electrons. The maximum atomic E-state index is 11.9. The third kappa shape index (κ3) is 3.89. The lowest BCUT2D eigenvalue weighted by Crippen LogP contribution is -2.37. The van der Waals surface area contributed by atoms with E-state index in [2.05, 4.69) is 15.2 Å². The molecule has 23 heavy (non-hydrogen) atoms. The van der Waals surface area contributed by atoms with Crippen LogP contribution in [-0.4, -0.2) is 53.8 Å². The van der Waals surface area contributed by atoms with Gasteiger partial charge in [0.2, 0.25) is 0 Å². The van der Waals surface area contributed by atoms with Crippen molar-refractivity contribution in [2.24, 2.45) is 0 Å². The van der Waals surface area contributed by atoms with Crippen molar-refractivity contribution in [2.45, 2.75) is 19.9 Å². The molecule has 0 radical (unpaired) electrons. The first-order valence-corrected chi connectivity index (χ1v) is 8.31. The molecule has 0 saturated carbocycles. The molecule has 6 heteroatoms. The van der Waals surface area contributed by atoms with Crippen LogP contribution >= 0.6 is 0 Å². The predicted molar refractivity (Wildman–Crippen MR) is 92.0 cm³/mol. The van der Waals surface area contributed by atoms with Crippen LogP contribution in [0, 0.1) is 0 Å². The summed E-state index contributed by atoms with van der Waals surface area (Å²) in [5.74, 6) is 0.826. The van der Waals surface area contributed by atoms with Gasteiger partial charge < -0.3 is 14.6 Å². The molecule has 1 N–H and O–H groups in total. The van der Waals surface area contributed by atoms with Crippen LogP contribution in [0.2, 0.25) is 0 Å². The first-order valence-electron chi connectivity index (χ1n) is 8.31. The lowest BCUT2D eigenvalue weighted by Gasteiger charge is -2.26. The number of aromatic nitrogens is 2. The third-order valence-electron chi connectivity index (χ3n) is 4.25. The van der Waals surface area contributed by atoms with E-state index in [0.29, 0.717) is 6.54 Å². The Morgan fingerprint density at radius 3 is 2.91 bits per heavy atom. The smallest absolute Gasteiger partial charge is 0.251 e. The fraction of sp³-hybridized carbons (Fsp3) is 0.529. The maximum absolute atomic E-state index is 11.9. The number of pyridine rings is 2. The highest BCUT2D eigenvalue weighted by Gasteiger charge is 2.09. The van der Waals surface area contributed by atoms with Gasteiger partial charge in [0.25, 0.3) is 5.56 Å². The van der Waals surface area contributed by atoms with Crippen molar-refractivity contribution in [1.29, 1.82) is 0 Å². The van der Waals surface area contributed by atoms with Gasteiger partial charge in [-0.25, -0.2) is 4.98 Å². The Morgan fingerprint density at radius 2 is 2.13 bits per heavy atom. The summed E-state index contributed by atoms with van der Waals surface area (Å²) >= 11 is 0. The first-order chi connectivity index (χ1) is 11.3. The number of rotatable bonds is 6. The zero-order valence-corrected chi connectivity index (χ0v) is 13.6. The van der Waals surface area contributed by atoms with Crippen molar-refractivity contribution >= 4 is 16.7 Å². The Kier molecular flexibility index (Phi) is 5.25. The van der Waals surface area contributed by atoms with Crippen LogP contribution in [0.25, 0.3) is 10.9 Å². The number of nitrogens with one attached hydrogen (secondary N) is 1. The summed E-state index contributed by atoms with van der Waals surface area (Å²) in [7, 11) is 0. The molecule has 3 heterocycles. The molecular formula is C17H24N4O2. The second-order valence-corrected chi connectivity index (χ2v) is 5.78. The number of fused-ring (bicyclic) bond motifs is 1. The van der Waals surface area contributed by atoms with Gasteiger partial charge in [-0.15, -0.1) is 0 Å². The van der Waals surface area contributed by atoms with Gasteiger partial charge in [-0.1, -0.05) is 0 Å². The minimum atomic E-state index is 0.0319. The first kappa shape index (κ1) is 16.0. The van der Waals surface area contributed by atoms with E-state index in [4.69, 9.17) is 4.74 Å². The molecule has 2 aromatic heterocycles. The molecule has 0 aromatic carbocycles. The number of aryl methyl sites for hydroxylation is 1. The molecule has 3 rings (SSSR count). The van der Waals surface area contributed by atoms with Crippen LogP contribution in [0.15, 0.2) is 29.2 Å². The van der Waals surface area contributed by atoms with Gasteiger partial charge in [0.1, 0.15) is 5.82 Å². The molecule has 0 atom stereocenters. The summed E-state index contributed by atoms with van der Waals surface area (Å²) in [6.07, 6.45) is 2.89. The van der Waals surface area contributed by atoms with E-state index < -0.39 is 0 Å². The third-order valence-corrected chi connectivity index (χ3v) is 4.25. The summed E-state index contributed by atoms with van der Waals surface area (Å²) < 4.78 is 7.13. The van der Waals surface area contributed by atoms with Gasteiger partial charge in [-0.2, -0.15) is 0 Å². The average molecular weight is 316 g/mol. The molecule has 1 fully saturated rings. The Morgan fingerprint density at radius 1 is 1.30 bits per heavy atom. The highest BCUT2D eigenvalue weighted by molar-refractivity contribution is 5.80. The van der Waals surface area contributed by atoms with Crippen molar-refractivity contribution in [1.82, 2.24) is 14.5 Å². The summed E-state index contributed by atoms with van der Waals surface area (Å²) in [6.45, 7) is 8.33. The summed E-state index contributed by atoms with van der Waals surface area (Å²) in [5.41, 5.74) is 0.968. The summed E-state index contributed by atoms with van der Waals surface area (Å²) in [5, 5.41) is 4.35. The summed E-state index contributed by atoms with van der Waals surface area (Å²) in [6, 6.07) is 5.40. The molecule has 0 amide bonds. The lowest BCUT2D eigenvalue weighted by atomic mass is 10.2. The monoisotopic (exact) mass is 316 g/mol. The predicted octanol–water partition coefficient (Wildman–Crippen LogP) is 1.55. The number of nitrogens with zero attached hydrogens (tertiary/aromatic N) is 3. The minimum Gasteiger partial charge on any atom is -0.379 e. The van der Waals surface area contributed by atoms with E-state index in [1.54, 1.807) is 10.6 Å². The molecule has 2 aromatic rings. The lowest BCUT2D eigenvalue weighted by molar-refractivity contribution is 0.0378. The van der Waals surface area contributed by atoms with Gasteiger partial charge in [-0.3, -0.25) is 9.69 Å². The van der Waals surface area contributed by atoms with Crippen molar-refractivity contribution in [2.75, 3.05) is 44.7 Å². The highest BCUT2D eigenvalue weighted by Crippen LogP contribution is 2.15. The number of anilines is 1. The zero-order valence-electron chi connectivity index (χ0n) is 13.6. The van der Waals surface area contributed by atoms with E-state index in [-0.39, 0.29) is 5.56 Å². The van der Waals surface area contributed by atoms with Gasteiger partial charge in [0, 0.05) is 49.9 Å². The van der Waals surface area contributed by atoms with E-state index >= 15 is 0 Å². The fourth-order valence-corrected chi connectivity index (χ4v) is 2.95. The topological polar surface area (TPSA) is 59.4 Å². The second-order valence-electron chi connectivity index (χ2n) is 5.78. The van der Waals surface area contributed by atoms with Crippen LogP contribution < -0.4 is 10.9 Å². The molecule has 0 unspecified atom stereocenters. The number of hydrogen-bond acceptors (Lipinski definition) is 5. The number of morpholine rings is 1. The van der Waals surface area contributed by atoms with E-state index in [9.17, 15) is 4.79 Å². The second kappa shape index (κ2) is 7.57. The van der Waals surface area contributed by atoms with Gasteiger partial charge in [0.15, 0.2) is 0 Å². The normalized spacial score (nSPS) is 15.9. The molecule has 1 aliphatic heterocycles. The standard InChI is InChI=1S/C17H24N4O2/c1-2-21-15-12-16(19-13-14(15)4-5-17(21)22)18-6-3-7-20-8-10-23-11-9-20/h4-5,12-13H,2-3,6-11H2,1H3,(H,18,19). The van der Waals surface area contributed by atoms with Crippen LogP contribution in [0.4, 0.5) is 5.82 Å². The Hall–Kier alpha value is -1.92. The van der Waals surface area contributed by atoms with E-state index in [1.165, 1.54) is 0 Å². The van der Waals surface area contributed by atoms with Gasteiger partial charge in [0.05, 0.1) is 18.7 Å². The minimum absolute atomic E-state index is 0.0319. The van der Waals surface area contributed by atoms with Crippen LogP contribution in [-0.2, 0) is 11.3 Å². The molecule has 6 nitrogen and oxygen atoms in total. The Balaban J connectivity index is 1.60. The fourth-order valence-electron chi connectivity index (χ4n) is 2.95. The summed E-state index contributed by atoms with van der Waals surface area (Å²) in [4.78, 5) is 18.8. The number of ether oxygens (including phenoxy) is 1. The van der Waals surface area contributed by atoms with Crippen molar-refractivity contribution < 1.29 is 4.74 Å². The quantitative estimate of drug-likeness (QED) is 0.820. The largest absolute Gasteiger partial charge is 0.379 e. The Labute approximate surface area is 136 Å². The maximum Gasteiger partial charge on any atom is 0.251 e. The molecule has 0 spiro atoms. The molecule has 0 bridgehead atoms. The molecule has 1 saturated heterocycles. The van der Waals surface area contributed by atoms with Crippen LogP contribution in [0.1, 0.15) is 13.3 Å². The molecule has 1 aliphatic rings. The Bertz CT molecular complexity index is 707. The zero-order chi connectivity index (χ0) is 16.1. The van der Waals surface area contributed by atoms with E-state index in [1.807, 2.05) is 25.3 Å².